The molecule has 1 saturated heterocycles. The van der Waals surface area contributed by atoms with Gasteiger partial charge < -0.3 is 28.7 Å². The molecule has 0 saturated carbocycles. The van der Waals surface area contributed by atoms with E-state index in [0.29, 0.717) is 35.9 Å². The van der Waals surface area contributed by atoms with Gasteiger partial charge in [0.25, 0.3) is 5.91 Å². The first-order valence-electron chi connectivity index (χ1n) is 12.4. The quantitative estimate of drug-likeness (QED) is 0.449. The van der Waals surface area contributed by atoms with Crippen LogP contribution in [-0.4, -0.2) is 67.4 Å². The predicted molar refractivity (Wildman–Crippen MR) is 137 cm³/mol. The van der Waals surface area contributed by atoms with Gasteiger partial charge in [-0.2, -0.15) is 0 Å². The standard InChI is InChI=1S/C29H29FN2O6/c1-31(17-21-5-3-2-4-6-21)27(33)16-29(19-35-24-10-8-23(30)9-11-24)18-32(13-14-38-29)28(34)22-7-12-25-26(15-22)37-20-36-25/h2-12,15H,13-14,16-20H2,1H3/t29-/m1/s1. The van der Waals surface area contributed by atoms with Crippen LogP contribution in [0.15, 0.2) is 72.8 Å². The molecule has 3 aromatic carbocycles. The maximum Gasteiger partial charge on any atom is 0.254 e. The number of hydrogen-bond acceptors (Lipinski definition) is 6. The maximum absolute atomic E-state index is 13.5. The van der Waals surface area contributed by atoms with Crippen molar-refractivity contribution in [1.82, 2.24) is 9.80 Å². The number of halogens is 1. The monoisotopic (exact) mass is 520 g/mol. The molecular formula is C29H29FN2O6. The van der Waals surface area contributed by atoms with Crippen molar-refractivity contribution in [2.75, 3.05) is 40.1 Å². The molecule has 3 aromatic rings. The smallest absolute Gasteiger partial charge is 0.254 e. The van der Waals surface area contributed by atoms with Gasteiger partial charge in [-0.3, -0.25) is 9.59 Å². The van der Waals surface area contributed by atoms with Crippen molar-refractivity contribution in [2.24, 2.45) is 0 Å². The van der Waals surface area contributed by atoms with E-state index in [1.165, 1.54) is 24.3 Å². The van der Waals surface area contributed by atoms with Crippen LogP contribution in [0.5, 0.6) is 17.2 Å². The topological polar surface area (TPSA) is 77.5 Å². The number of amides is 2. The lowest BCUT2D eigenvalue weighted by atomic mass is 9.96. The van der Waals surface area contributed by atoms with Crippen molar-refractivity contribution < 1.29 is 32.9 Å². The van der Waals surface area contributed by atoms with Gasteiger partial charge in [0.2, 0.25) is 12.7 Å². The van der Waals surface area contributed by atoms with Gasteiger partial charge in [-0.1, -0.05) is 30.3 Å². The normalized spacial score (nSPS) is 18.2. The van der Waals surface area contributed by atoms with E-state index in [1.54, 1.807) is 35.0 Å². The third-order valence-electron chi connectivity index (χ3n) is 6.63. The fraction of sp³-hybridized carbons (Fsp3) is 0.310. The van der Waals surface area contributed by atoms with E-state index in [4.69, 9.17) is 18.9 Å². The van der Waals surface area contributed by atoms with Crippen molar-refractivity contribution in [3.63, 3.8) is 0 Å². The molecule has 0 radical (unpaired) electrons. The number of carbonyl (C=O) groups is 2. The van der Waals surface area contributed by atoms with Crippen LogP contribution in [0.2, 0.25) is 0 Å². The summed E-state index contributed by atoms with van der Waals surface area (Å²) < 4.78 is 36.3. The van der Waals surface area contributed by atoms with Crippen LogP contribution in [-0.2, 0) is 16.1 Å². The largest absolute Gasteiger partial charge is 0.490 e. The second kappa shape index (κ2) is 11.1. The van der Waals surface area contributed by atoms with Gasteiger partial charge in [0, 0.05) is 25.7 Å². The summed E-state index contributed by atoms with van der Waals surface area (Å²) in [6.07, 6.45) is 0.00243. The summed E-state index contributed by atoms with van der Waals surface area (Å²) in [6, 6.07) is 20.4. The molecule has 9 heteroatoms. The molecule has 2 aliphatic rings. The van der Waals surface area contributed by atoms with E-state index in [0.717, 1.165) is 5.56 Å². The van der Waals surface area contributed by atoms with Crippen molar-refractivity contribution in [1.29, 1.82) is 0 Å². The Balaban J connectivity index is 1.34. The van der Waals surface area contributed by atoms with E-state index < -0.39 is 5.60 Å². The number of carbonyl (C=O) groups excluding carboxylic acids is 2. The Bertz CT molecular complexity index is 1290. The molecule has 5 rings (SSSR count). The van der Waals surface area contributed by atoms with Gasteiger partial charge >= 0.3 is 0 Å². The Labute approximate surface area is 220 Å². The molecule has 0 unspecified atom stereocenters. The molecule has 0 aromatic heterocycles. The van der Waals surface area contributed by atoms with E-state index in [2.05, 4.69) is 0 Å². The summed E-state index contributed by atoms with van der Waals surface area (Å²) in [5, 5.41) is 0. The Hall–Kier alpha value is -4.11. The van der Waals surface area contributed by atoms with Gasteiger partial charge in [0.15, 0.2) is 11.5 Å². The van der Waals surface area contributed by atoms with Crippen molar-refractivity contribution >= 4 is 11.8 Å². The summed E-state index contributed by atoms with van der Waals surface area (Å²) in [5.74, 6) is 0.833. The van der Waals surface area contributed by atoms with Gasteiger partial charge in [-0.25, -0.2) is 4.39 Å². The average Bonchev–Trinajstić information content (AvgIpc) is 3.41. The van der Waals surface area contributed by atoms with Gasteiger partial charge in [-0.15, -0.1) is 0 Å². The molecule has 1 fully saturated rings. The molecule has 0 bridgehead atoms. The summed E-state index contributed by atoms with van der Waals surface area (Å²) in [6.45, 7) is 1.31. The number of nitrogens with zero attached hydrogens (tertiary/aromatic N) is 2. The number of rotatable bonds is 8. The molecule has 0 aliphatic carbocycles. The SMILES string of the molecule is CN(Cc1ccccc1)C(=O)C[C@]1(COc2ccc(F)cc2)CN(C(=O)c2ccc3c(c2)OCO3)CCO1. The zero-order valence-electron chi connectivity index (χ0n) is 21.1. The fourth-order valence-electron chi connectivity index (χ4n) is 4.58. The summed E-state index contributed by atoms with van der Waals surface area (Å²) in [4.78, 5) is 30.1. The van der Waals surface area contributed by atoms with E-state index in [9.17, 15) is 14.0 Å². The summed E-state index contributed by atoms with van der Waals surface area (Å²) in [5.41, 5.74) is 0.363. The Morgan fingerprint density at radius 3 is 2.58 bits per heavy atom. The van der Waals surface area contributed by atoms with Gasteiger partial charge in [0.1, 0.15) is 23.8 Å². The van der Waals surface area contributed by atoms with E-state index in [-0.39, 0.29) is 50.6 Å². The minimum absolute atomic E-state index is 0.00243. The minimum atomic E-state index is -1.10. The zero-order valence-corrected chi connectivity index (χ0v) is 21.1. The molecular weight excluding hydrogens is 491 g/mol. The number of morpholine rings is 1. The lowest BCUT2D eigenvalue weighted by molar-refractivity contribution is -0.152. The molecule has 0 spiro atoms. The van der Waals surface area contributed by atoms with Crippen molar-refractivity contribution in [3.05, 3.63) is 89.7 Å². The molecule has 2 heterocycles. The lowest BCUT2D eigenvalue weighted by Gasteiger charge is -2.42. The third-order valence-corrected chi connectivity index (χ3v) is 6.63. The van der Waals surface area contributed by atoms with E-state index >= 15 is 0 Å². The van der Waals surface area contributed by atoms with Crippen molar-refractivity contribution in [2.45, 2.75) is 18.6 Å². The molecule has 198 valence electrons. The Morgan fingerprint density at radius 1 is 1.03 bits per heavy atom. The highest BCUT2D eigenvalue weighted by Gasteiger charge is 2.42. The first-order valence-corrected chi connectivity index (χ1v) is 12.4. The van der Waals surface area contributed by atoms with Crippen LogP contribution in [0.4, 0.5) is 4.39 Å². The van der Waals surface area contributed by atoms with Crippen LogP contribution in [0, 0.1) is 5.82 Å². The molecule has 2 amide bonds. The number of fused-ring (bicyclic) bond motifs is 1. The maximum atomic E-state index is 13.5. The highest BCUT2D eigenvalue weighted by atomic mass is 19.1. The number of benzene rings is 3. The van der Waals surface area contributed by atoms with Gasteiger partial charge in [-0.05, 0) is 48.0 Å². The lowest BCUT2D eigenvalue weighted by Crippen LogP contribution is -2.58. The number of ether oxygens (including phenoxy) is 4. The third kappa shape index (κ3) is 5.89. The van der Waals surface area contributed by atoms with Crippen LogP contribution in [0.1, 0.15) is 22.3 Å². The number of hydrogen-bond donors (Lipinski definition) is 0. The molecule has 2 aliphatic heterocycles. The molecule has 38 heavy (non-hydrogen) atoms. The average molecular weight is 521 g/mol. The van der Waals surface area contributed by atoms with Crippen LogP contribution >= 0.6 is 0 Å². The van der Waals surface area contributed by atoms with Crippen molar-refractivity contribution in [3.8, 4) is 17.2 Å². The Kier molecular flexibility index (Phi) is 7.46. The van der Waals surface area contributed by atoms with Gasteiger partial charge in [0.05, 0.1) is 19.6 Å². The predicted octanol–water partition coefficient (Wildman–Crippen LogP) is 3.89. The molecule has 1 atom stereocenters. The highest BCUT2D eigenvalue weighted by molar-refractivity contribution is 5.95. The minimum Gasteiger partial charge on any atom is -0.490 e. The first-order chi connectivity index (χ1) is 18.4. The second-order valence-electron chi connectivity index (χ2n) is 9.48. The zero-order chi connectivity index (χ0) is 26.5. The highest BCUT2D eigenvalue weighted by Crippen LogP contribution is 2.33. The first kappa shape index (κ1) is 25.5. The molecule has 0 N–H and O–H groups in total. The van der Waals surface area contributed by atoms with Crippen LogP contribution < -0.4 is 14.2 Å². The molecule has 8 nitrogen and oxygen atoms in total. The summed E-state index contributed by atoms with van der Waals surface area (Å²) >= 11 is 0. The fourth-order valence-corrected chi connectivity index (χ4v) is 4.58. The van der Waals surface area contributed by atoms with E-state index in [1.807, 2.05) is 30.3 Å². The van der Waals surface area contributed by atoms with Crippen LogP contribution in [0.25, 0.3) is 0 Å². The summed E-state index contributed by atoms with van der Waals surface area (Å²) in [7, 11) is 1.74. The second-order valence-corrected chi connectivity index (χ2v) is 9.48. The Morgan fingerprint density at radius 2 is 1.79 bits per heavy atom. The van der Waals surface area contributed by atoms with Crippen LogP contribution in [0.3, 0.4) is 0 Å².